The number of nitrogens with one attached hydrogen (secondary N) is 1. The molecule has 1 aromatic carbocycles. The fraction of sp³-hybridized carbons (Fsp3) is 0. The average Bonchev–Trinajstić information content (AvgIpc) is 3.32. The van der Waals surface area contributed by atoms with Crippen molar-refractivity contribution in [2.45, 2.75) is 0 Å². The van der Waals surface area contributed by atoms with Crippen molar-refractivity contribution in [2.75, 3.05) is 5.32 Å². The fourth-order valence-electron chi connectivity index (χ4n) is 2.66. The number of benzene rings is 1. The molecule has 3 heterocycles. The van der Waals surface area contributed by atoms with Crippen LogP contribution in [0.25, 0.3) is 11.5 Å². The summed E-state index contributed by atoms with van der Waals surface area (Å²) in [4.78, 5) is 16.7. The Kier molecular flexibility index (Phi) is 4.03. The minimum absolute atomic E-state index is 0.261. The van der Waals surface area contributed by atoms with Crippen LogP contribution < -0.4 is 5.32 Å². The van der Waals surface area contributed by atoms with Crippen LogP contribution in [0.2, 0.25) is 0 Å². The Morgan fingerprint density at radius 3 is 2.54 bits per heavy atom. The summed E-state index contributed by atoms with van der Waals surface area (Å²) in [6.45, 7) is 0. The Morgan fingerprint density at radius 2 is 1.81 bits per heavy atom. The number of carbonyl (C=O) groups excluding carboxylic acids is 1. The molecule has 7 heteroatoms. The van der Waals surface area contributed by atoms with Crippen molar-refractivity contribution in [1.29, 1.82) is 0 Å². The Hall–Kier alpha value is -3.74. The van der Waals surface area contributed by atoms with Gasteiger partial charge in [0.25, 0.3) is 5.91 Å². The van der Waals surface area contributed by atoms with E-state index in [0.29, 0.717) is 17.1 Å². The van der Waals surface area contributed by atoms with Gasteiger partial charge in [0.15, 0.2) is 5.82 Å². The molecule has 128 valence electrons. The molecule has 26 heavy (non-hydrogen) atoms. The largest absolute Gasteiger partial charge is 0.320 e. The number of aromatic nitrogens is 4. The van der Waals surface area contributed by atoms with E-state index in [-0.39, 0.29) is 11.6 Å². The highest BCUT2D eigenvalue weighted by atomic mass is 19.1. The van der Waals surface area contributed by atoms with Gasteiger partial charge in [-0.25, -0.2) is 9.07 Å². The van der Waals surface area contributed by atoms with Crippen LogP contribution in [0.3, 0.4) is 0 Å². The normalized spacial score (nSPS) is 10.7. The van der Waals surface area contributed by atoms with E-state index in [1.54, 1.807) is 59.7 Å². The minimum atomic E-state index is -0.428. The topological polar surface area (TPSA) is 64.7 Å². The second-order valence-electron chi connectivity index (χ2n) is 5.53. The zero-order chi connectivity index (χ0) is 17.9. The molecule has 0 fully saturated rings. The monoisotopic (exact) mass is 347 g/mol. The summed E-state index contributed by atoms with van der Waals surface area (Å²) in [5.41, 5.74) is 1.14. The molecular formula is C19H14FN5O. The average molecular weight is 347 g/mol. The van der Waals surface area contributed by atoms with Gasteiger partial charge < -0.3 is 9.88 Å². The van der Waals surface area contributed by atoms with E-state index >= 15 is 0 Å². The van der Waals surface area contributed by atoms with Crippen LogP contribution in [0.4, 0.5) is 10.1 Å². The third kappa shape index (κ3) is 2.86. The Bertz CT molecular complexity index is 1040. The van der Waals surface area contributed by atoms with Crippen LogP contribution >= 0.6 is 0 Å². The molecule has 0 saturated heterocycles. The van der Waals surface area contributed by atoms with Gasteiger partial charge in [-0.1, -0.05) is 12.1 Å². The maximum absolute atomic E-state index is 14.3. The summed E-state index contributed by atoms with van der Waals surface area (Å²) in [5.74, 6) is -0.339. The van der Waals surface area contributed by atoms with Gasteiger partial charge in [-0.3, -0.25) is 9.78 Å². The molecule has 4 rings (SSSR count). The number of nitrogens with zero attached hydrogens (tertiary/aromatic N) is 4. The molecule has 0 bridgehead atoms. The SMILES string of the molecule is O=C(Nc1cccnc1)c1cnn(-c2ccccc2F)c1-n1cccc1. The molecule has 0 atom stereocenters. The van der Waals surface area contributed by atoms with Gasteiger partial charge in [-0.15, -0.1) is 0 Å². The standard InChI is InChI=1S/C19H14FN5O/c20-16-7-1-2-8-17(16)25-19(24-10-3-4-11-24)15(13-22-25)18(26)23-14-6-5-9-21-12-14/h1-13H,(H,23,26). The van der Waals surface area contributed by atoms with E-state index < -0.39 is 5.82 Å². The quantitative estimate of drug-likeness (QED) is 0.615. The summed E-state index contributed by atoms with van der Waals surface area (Å²) < 4.78 is 17.4. The number of para-hydroxylation sites is 1. The highest BCUT2D eigenvalue weighted by Gasteiger charge is 2.21. The number of pyridine rings is 1. The Morgan fingerprint density at radius 1 is 1.00 bits per heavy atom. The molecule has 0 radical (unpaired) electrons. The lowest BCUT2D eigenvalue weighted by Crippen LogP contribution is -2.15. The smallest absolute Gasteiger partial charge is 0.261 e. The molecule has 6 nitrogen and oxygen atoms in total. The molecule has 4 aromatic rings. The van der Waals surface area contributed by atoms with E-state index in [1.807, 2.05) is 12.1 Å². The highest BCUT2D eigenvalue weighted by Crippen LogP contribution is 2.22. The molecule has 0 spiro atoms. The molecule has 1 amide bonds. The zero-order valence-electron chi connectivity index (χ0n) is 13.6. The fourth-order valence-corrected chi connectivity index (χ4v) is 2.66. The molecule has 0 aliphatic rings. The molecule has 0 saturated carbocycles. The van der Waals surface area contributed by atoms with Crippen molar-refractivity contribution in [3.05, 3.63) is 90.9 Å². The van der Waals surface area contributed by atoms with Crippen molar-refractivity contribution in [3.63, 3.8) is 0 Å². The van der Waals surface area contributed by atoms with Gasteiger partial charge in [0, 0.05) is 18.6 Å². The Labute approximate surface area is 148 Å². The second kappa shape index (κ2) is 6.64. The molecule has 0 unspecified atom stereocenters. The summed E-state index contributed by atoms with van der Waals surface area (Å²) >= 11 is 0. The summed E-state index contributed by atoms with van der Waals surface area (Å²) in [5, 5.41) is 7.02. The molecule has 0 aliphatic carbocycles. The van der Waals surface area contributed by atoms with Crippen molar-refractivity contribution >= 4 is 11.6 Å². The van der Waals surface area contributed by atoms with Crippen molar-refractivity contribution in [1.82, 2.24) is 19.3 Å². The Balaban J connectivity index is 1.81. The van der Waals surface area contributed by atoms with E-state index in [4.69, 9.17) is 0 Å². The second-order valence-corrected chi connectivity index (χ2v) is 5.53. The maximum Gasteiger partial charge on any atom is 0.261 e. The van der Waals surface area contributed by atoms with E-state index in [9.17, 15) is 9.18 Å². The van der Waals surface area contributed by atoms with E-state index in [0.717, 1.165) is 0 Å². The molecular weight excluding hydrogens is 333 g/mol. The number of anilines is 1. The van der Waals surface area contributed by atoms with Gasteiger partial charge in [0.2, 0.25) is 0 Å². The maximum atomic E-state index is 14.3. The lowest BCUT2D eigenvalue weighted by Gasteiger charge is -2.11. The van der Waals surface area contributed by atoms with Crippen LogP contribution in [0.5, 0.6) is 0 Å². The predicted octanol–water partition coefficient (Wildman–Crippen LogP) is 3.45. The molecule has 0 aliphatic heterocycles. The van der Waals surface area contributed by atoms with Crippen LogP contribution in [-0.2, 0) is 0 Å². The first-order valence-electron chi connectivity index (χ1n) is 7.91. The summed E-state index contributed by atoms with van der Waals surface area (Å²) in [7, 11) is 0. The summed E-state index contributed by atoms with van der Waals surface area (Å²) in [6, 6.07) is 13.4. The third-order valence-electron chi connectivity index (χ3n) is 3.84. The van der Waals surface area contributed by atoms with Crippen LogP contribution in [0.15, 0.2) is 79.5 Å². The highest BCUT2D eigenvalue weighted by molar-refractivity contribution is 6.06. The van der Waals surface area contributed by atoms with Crippen LogP contribution in [0.1, 0.15) is 10.4 Å². The van der Waals surface area contributed by atoms with Gasteiger partial charge >= 0.3 is 0 Å². The third-order valence-corrected chi connectivity index (χ3v) is 3.84. The summed E-state index contributed by atoms with van der Waals surface area (Å²) in [6.07, 6.45) is 8.14. The first-order valence-corrected chi connectivity index (χ1v) is 7.91. The van der Waals surface area contributed by atoms with Crippen molar-refractivity contribution < 1.29 is 9.18 Å². The number of hydrogen-bond donors (Lipinski definition) is 1. The van der Waals surface area contributed by atoms with E-state index in [2.05, 4.69) is 15.4 Å². The number of amides is 1. The van der Waals surface area contributed by atoms with Crippen LogP contribution in [-0.4, -0.2) is 25.2 Å². The number of carbonyl (C=O) groups is 1. The number of rotatable bonds is 4. The van der Waals surface area contributed by atoms with Crippen molar-refractivity contribution in [2.24, 2.45) is 0 Å². The van der Waals surface area contributed by atoms with Gasteiger partial charge in [0.1, 0.15) is 17.1 Å². The first-order chi connectivity index (χ1) is 12.7. The van der Waals surface area contributed by atoms with Crippen LogP contribution in [0, 0.1) is 5.82 Å². The van der Waals surface area contributed by atoms with Gasteiger partial charge in [-0.2, -0.15) is 5.10 Å². The zero-order valence-corrected chi connectivity index (χ0v) is 13.6. The van der Waals surface area contributed by atoms with Crippen molar-refractivity contribution in [3.8, 4) is 11.5 Å². The number of hydrogen-bond acceptors (Lipinski definition) is 3. The molecule has 3 aromatic heterocycles. The predicted molar refractivity (Wildman–Crippen MR) is 95.0 cm³/mol. The number of halogens is 1. The van der Waals surface area contributed by atoms with Gasteiger partial charge in [0.05, 0.1) is 18.1 Å². The lowest BCUT2D eigenvalue weighted by molar-refractivity contribution is 0.102. The molecule has 1 N–H and O–H groups in total. The van der Waals surface area contributed by atoms with E-state index in [1.165, 1.54) is 16.9 Å². The van der Waals surface area contributed by atoms with Gasteiger partial charge in [-0.05, 0) is 36.4 Å². The first kappa shape index (κ1) is 15.8. The lowest BCUT2D eigenvalue weighted by atomic mass is 10.2. The minimum Gasteiger partial charge on any atom is -0.320 e.